The van der Waals surface area contributed by atoms with Crippen LogP contribution in [0.15, 0.2) is 24.3 Å². The highest BCUT2D eigenvalue weighted by atomic mass is 16.5. The molecule has 0 saturated carbocycles. The topological polar surface area (TPSA) is 66.8 Å². The number of methoxy groups -OCH3 is 1. The van der Waals surface area contributed by atoms with E-state index in [0.29, 0.717) is 12.1 Å². The number of fused-ring (bicyclic) bond motifs is 1. The Bertz CT molecular complexity index is 472. The van der Waals surface area contributed by atoms with Gasteiger partial charge < -0.3 is 14.7 Å². The first-order valence-electron chi connectivity index (χ1n) is 5.76. The summed E-state index contributed by atoms with van der Waals surface area (Å²) < 4.78 is 4.43. The molecule has 1 aromatic carbocycles. The molecule has 1 atom stereocenters. The zero-order valence-corrected chi connectivity index (χ0v) is 10.1. The lowest BCUT2D eigenvalue weighted by Crippen LogP contribution is -2.44. The summed E-state index contributed by atoms with van der Waals surface area (Å²) in [5.74, 6) is -0.874. The third-order valence-corrected chi connectivity index (χ3v) is 3.05. The molecule has 1 unspecified atom stereocenters. The predicted molar refractivity (Wildman–Crippen MR) is 64.1 cm³/mol. The fourth-order valence-corrected chi connectivity index (χ4v) is 2.07. The molecule has 96 valence electrons. The van der Waals surface area contributed by atoms with Gasteiger partial charge in [0.05, 0.1) is 13.7 Å². The van der Waals surface area contributed by atoms with Crippen LogP contribution in [-0.4, -0.2) is 48.2 Å². The maximum atomic E-state index is 12.1. The summed E-state index contributed by atoms with van der Waals surface area (Å²) >= 11 is 0. The van der Waals surface area contributed by atoms with Gasteiger partial charge in [-0.1, -0.05) is 18.2 Å². The molecule has 0 radical (unpaired) electrons. The highest BCUT2D eigenvalue weighted by Crippen LogP contribution is 2.18. The smallest absolute Gasteiger partial charge is 0.336 e. The number of esters is 1. The van der Waals surface area contributed by atoms with E-state index in [1.165, 1.54) is 12.0 Å². The number of benzene rings is 1. The van der Waals surface area contributed by atoms with Crippen LogP contribution in [0.5, 0.6) is 0 Å². The van der Waals surface area contributed by atoms with Crippen molar-refractivity contribution in [2.24, 2.45) is 0 Å². The first-order valence-corrected chi connectivity index (χ1v) is 5.76. The van der Waals surface area contributed by atoms with Gasteiger partial charge in [0.15, 0.2) is 6.10 Å². The summed E-state index contributed by atoms with van der Waals surface area (Å²) in [6.07, 6.45) is -0.556. The second kappa shape index (κ2) is 5.18. The molecular formula is C13H15NO4. The van der Waals surface area contributed by atoms with E-state index in [2.05, 4.69) is 4.74 Å². The average Bonchev–Trinajstić information content (AvgIpc) is 2.41. The molecule has 2 rings (SSSR count). The van der Waals surface area contributed by atoms with Crippen LogP contribution in [-0.2, 0) is 16.0 Å². The third-order valence-electron chi connectivity index (χ3n) is 3.05. The fourth-order valence-electron chi connectivity index (χ4n) is 2.07. The number of aliphatic hydroxyl groups excluding tert-OH is 1. The Hall–Kier alpha value is -1.88. The molecular weight excluding hydrogens is 234 g/mol. The number of carbonyl (C=O) groups excluding carboxylic acids is 2. The van der Waals surface area contributed by atoms with Crippen molar-refractivity contribution in [2.45, 2.75) is 12.5 Å². The number of rotatable bonds is 3. The van der Waals surface area contributed by atoms with Crippen molar-refractivity contribution in [3.63, 3.8) is 0 Å². The molecule has 0 aromatic heterocycles. The number of hydrogen-bond donors (Lipinski definition) is 1. The van der Waals surface area contributed by atoms with Gasteiger partial charge in [0.25, 0.3) is 5.91 Å². The van der Waals surface area contributed by atoms with E-state index >= 15 is 0 Å². The van der Waals surface area contributed by atoms with Crippen LogP contribution < -0.4 is 0 Å². The van der Waals surface area contributed by atoms with Crippen molar-refractivity contribution in [2.75, 3.05) is 20.2 Å². The first kappa shape index (κ1) is 12.6. The molecule has 1 aromatic rings. The van der Waals surface area contributed by atoms with E-state index in [-0.39, 0.29) is 12.5 Å². The van der Waals surface area contributed by atoms with Crippen molar-refractivity contribution < 1.29 is 19.4 Å². The van der Waals surface area contributed by atoms with E-state index < -0.39 is 12.1 Å². The quantitative estimate of drug-likeness (QED) is 0.778. The normalized spacial score (nSPS) is 16.1. The molecule has 1 heterocycles. The van der Waals surface area contributed by atoms with E-state index in [4.69, 9.17) is 0 Å². The monoisotopic (exact) mass is 249 g/mol. The van der Waals surface area contributed by atoms with Crippen molar-refractivity contribution in [1.82, 2.24) is 4.90 Å². The number of amides is 1. The summed E-state index contributed by atoms with van der Waals surface area (Å²) in [7, 11) is 1.21. The standard InChI is InChI=1S/C13H15NO4/c1-18-13(17)11(15)8-14-7-6-9-4-2-3-5-10(9)12(14)16/h2-5,11,15H,6-8H2,1H3. The van der Waals surface area contributed by atoms with Crippen molar-refractivity contribution in [1.29, 1.82) is 0 Å². The summed E-state index contributed by atoms with van der Waals surface area (Å²) in [6.45, 7) is 0.476. The zero-order chi connectivity index (χ0) is 13.1. The predicted octanol–water partition coefficient (Wildman–Crippen LogP) is 0.219. The number of aliphatic hydroxyl groups is 1. The molecule has 5 nitrogen and oxygen atoms in total. The Morgan fingerprint density at radius 1 is 1.50 bits per heavy atom. The number of ether oxygens (including phenoxy) is 1. The van der Waals surface area contributed by atoms with Gasteiger partial charge in [0.2, 0.25) is 0 Å². The van der Waals surface area contributed by atoms with E-state index in [9.17, 15) is 14.7 Å². The molecule has 1 N–H and O–H groups in total. The van der Waals surface area contributed by atoms with Crippen molar-refractivity contribution >= 4 is 11.9 Å². The fraction of sp³-hybridized carbons (Fsp3) is 0.385. The average molecular weight is 249 g/mol. The molecule has 18 heavy (non-hydrogen) atoms. The number of β-amino-alcohol motifs (C(OH)–C–C–N with tert-alkyl or cyclic N) is 1. The van der Waals surface area contributed by atoms with Gasteiger partial charge >= 0.3 is 5.97 Å². The van der Waals surface area contributed by atoms with Gasteiger partial charge in [-0.05, 0) is 18.1 Å². The van der Waals surface area contributed by atoms with Crippen LogP contribution in [0.3, 0.4) is 0 Å². The maximum Gasteiger partial charge on any atom is 0.336 e. The molecule has 5 heteroatoms. The highest BCUT2D eigenvalue weighted by Gasteiger charge is 2.27. The lowest BCUT2D eigenvalue weighted by molar-refractivity contribution is -0.150. The molecule has 0 aliphatic carbocycles. The zero-order valence-electron chi connectivity index (χ0n) is 10.1. The molecule has 1 aliphatic heterocycles. The number of nitrogens with zero attached hydrogens (tertiary/aromatic N) is 1. The van der Waals surface area contributed by atoms with Crippen LogP contribution >= 0.6 is 0 Å². The second-order valence-corrected chi connectivity index (χ2v) is 4.20. The second-order valence-electron chi connectivity index (χ2n) is 4.20. The minimum absolute atomic E-state index is 0.0279. The molecule has 1 aliphatic rings. The van der Waals surface area contributed by atoms with Gasteiger partial charge in [-0.3, -0.25) is 4.79 Å². The van der Waals surface area contributed by atoms with E-state index in [1.807, 2.05) is 12.1 Å². The summed E-state index contributed by atoms with van der Waals surface area (Å²) in [5.41, 5.74) is 1.65. The summed E-state index contributed by atoms with van der Waals surface area (Å²) in [5, 5.41) is 9.57. The molecule has 0 fully saturated rings. The Labute approximate surface area is 105 Å². The highest BCUT2D eigenvalue weighted by molar-refractivity contribution is 5.97. The van der Waals surface area contributed by atoms with Gasteiger partial charge in [-0.2, -0.15) is 0 Å². The molecule has 0 saturated heterocycles. The Balaban J connectivity index is 2.10. The summed E-state index contributed by atoms with van der Waals surface area (Å²) in [4.78, 5) is 24.7. The number of carbonyl (C=O) groups is 2. The SMILES string of the molecule is COC(=O)C(O)CN1CCc2ccccc2C1=O. The number of hydrogen-bond acceptors (Lipinski definition) is 4. The van der Waals surface area contributed by atoms with Gasteiger partial charge in [-0.15, -0.1) is 0 Å². The van der Waals surface area contributed by atoms with E-state index in [1.54, 1.807) is 12.1 Å². The van der Waals surface area contributed by atoms with Gasteiger partial charge in [-0.25, -0.2) is 4.79 Å². The Morgan fingerprint density at radius 2 is 2.22 bits per heavy atom. The lowest BCUT2D eigenvalue weighted by atomic mass is 9.99. The van der Waals surface area contributed by atoms with Crippen LogP contribution in [0.4, 0.5) is 0 Å². The van der Waals surface area contributed by atoms with Crippen LogP contribution in [0.25, 0.3) is 0 Å². The first-order chi connectivity index (χ1) is 8.63. The van der Waals surface area contributed by atoms with Crippen molar-refractivity contribution in [3.8, 4) is 0 Å². The third kappa shape index (κ3) is 2.36. The van der Waals surface area contributed by atoms with Gasteiger partial charge in [0.1, 0.15) is 0 Å². The Morgan fingerprint density at radius 3 is 2.94 bits per heavy atom. The Kier molecular flexibility index (Phi) is 3.62. The molecule has 0 bridgehead atoms. The maximum absolute atomic E-state index is 12.1. The van der Waals surface area contributed by atoms with Crippen LogP contribution in [0, 0.1) is 0 Å². The van der Waals surface area contributed by atoms with Crippen molar-refractivity contribution in [3.05, 3.63) is 35.4 Å². The molecule has 0 spiro atoms. The van der Waals surface area contributed by atoms with Crippen LogP contribution in [0.1, 0.15) is 15.9 Å². The minimum Gasteiger partial charge on any atom is -0.467 e. The molecule has 1 amide bonds. The van der Waals surface area contributed by atoms with Gasteiger partial charge in [0, 0.05) is 12.1 Å². The summed E-state index contributed by atoms with van der Waals surface area (Å²) in [6, 6.07) is 7.37. The van der Waals surface area contributed by atoms with Crippen LogP contribution in [0.2, 0.25) is 0 Å². The minimum atomic E-state index is -1.29. The largest absolute Gasteiger partial charge is 0.467 e. The van der Waals surface area contributed by atoms with E-state index in [0.717, 1.165) is 12.0 Å². The lowest BCUT2D eigenvalue weighted by Gasteiger charge is -2.29.